The van der Waals surface area contributed by atoms with Crippen LogP contribution in [0.2, 0.25) is 0 Å². The normalized spacial score (nSPS) is 12.1. The Balaban J connectivity index is 2.14. The molecule has 0 spiro atoms. The van der Waals surface area contributed by atoms with Crippen molar-refractivity contribution in [2.45, 2.75) is 13.0 Å². The molecule has 0 heterocycles. The zero-order chi connectivity index (χ0) is 11.4. The van der Waals surface area contributed by atoms with Gasteiger partial charge in [-0.3, -0.25) is 0 Å². The van der Waals surface area contributed by atoms with Gasteiger partial charge in [0.05, 0.1) is 5.69 Å². The van der Waals surface area contributed by atoms with Crippen LogP contribution >= 0.6 is 0 Å². The van der Waals surface area contributed by atoms with Gasteiger partial charge in [-0.15, -0.1) is 0 Å². The summed E-state index contributed by atoms with van der Waals surface area (Å²) in [5.74, 6) is 0.735. The largest absolute Gasteiger partial charge is 0.484 e. The van der Waals surface area contributed by atoms with E-state index < -0.39 is 0 Å². The van der Waals surface area contributed by atoms with Crippen LogP contribution in [0, 0.1) is 0 Å². The van der Waals surface area contributed by atoms with Crippen LogP contribution in [0.4, 0.5) is 5.69 Å². The number of ether oxygens (including phenoxy) is 1. The van der Waals surface area contributed by atoms with Crippen LogP contribution in [0.1, 0.15) is 18.6 Å². The van der Waals surface area contributed by atoms with Gasteiger partial charge in [0, 0.05) is 0 Å². The Kier molecular flexibility index (Phi) is 3.10. The first kappa shape index (κ1) is 10.6. The molecule has 0 aliphatic rings. The van der Waals surface area contributed by atoms with Gasteiger partial charge in [0.25, 0.3) is 0 Å². The van der Waals surface area contributed by atoms with Gasteiger partial charge in [0.15, 0.2) is 0 Å². The molecule has 16 heavy (non-hydrogen) atoms. The van der Waals surface area contributed by atoms with Gasteiger partial charge in [-0.25, -0.2) is 0 Å². The molecule has 2 aromatic carbocycles. The van der Waals surface area contributed by atoms with E-state index in [-0.39, 0.29) is 6.10 Å². The molecular formula is C14H15NO. The van der Waals surface area contributed by atoms with Crippen molar-refractivity contribution in [1.29, 1.82) is 0 Å². The second-order valence-corrected chi connectivity index (χ2v) is 3.71. The molecule has 0 radical (unpaired) electrons. The van der Waals surface area contributed by atoms with Crippen molar-refractivity contribution in [3.05, 3.63) is 60.2 Å². The minimum absolute atomic E-state index is 0.00546. The molecule has 0 amide bonds. The van der Waals surface area contributed by atoms with Crippen molar-refractivity contribution in [1.82, 2.24) is 0 Å². The lowest BCUT2D eigenvalue weighted by Crippen LogP contribution is -2.04. The van der Waals surface area contributed by atoms with E-state index in [0.29, 0.717) is 5.69 Å². The lowest BCUT2D eigenvalue weighted by atomic mass is 10.1. The van der Waals surface area contributed by atoms with Crippen LogP contribution in [0.5, 0.6) is 5.75 Å². The fourth-order valence-electron chi connectivity index (χ4n) is 1.57. The van der Waals surface area contributed by atoms with E-state index in [1.807, 2.05) is 61.5 Å². The molecule has 0 fully saturated rings. The Morgan fingerprint density at radius 3 is 2.25 bits per heavy atom. The molecule has 0 bridgehead atoms. The van der Waals surface area contributed by atoms with E-state index in [1.165, 1.54) is 0 Å². The number of para-hydroxylation sites is 2. The Morgan fingerprint density at radius 1 is 0.938 bits per heavy atom. The lowest BCUT2D eigenvalue weighted by molar-refractivity contribution is 0.228. The van der Waals surface area contributed by atoms with E-state index in [4.69, 9.17) is 10.5 Å². The Bertz CT molecular complexity index is 453. The Morgan fingerprint density at radius 2 is 1.56 bits per heavy atom. The Hall–Kier alpha value is -1.96. The molecule has 0 saturated heterocycles. The van der Waals surface area contributed by atoms with Crippen LogP contribution in [0.15, 0.2) is 54.6 Å². The highest BCUT2D eigenvalue weighted by molar-refractivity contribution is 5.52. The minimum atomic E-state index is 0.00546. The summed E-state index contributed by atoms with van der Waals surface area (Å²) in [7, 11) is 0. The predicted molar refractivity (Wildman–Crippen MR) is 66.3 cm³/mol. The van der Waals surface area contributed by atoms with Gasteiger partial charge in [-0.1, -0.05) is 42.5 Å². The molecule has 2 N–H and O–H groups in total. The van der Waals surface area contributed by atoms with Crippen LogP contribution in [-0.2, 0) is 0 Å². The fraction of sp³-hybridized carbons (Fsp3) is 0.143. The maximum absolute atomic E-state index is 5.82. The summed E-state index contributed by atoms with van der Waals surface area (Å²) in [4.78, 5) is 0. The third kappa shape index (κ3) is 2.34. The quantitative estimate of drug-likeness (QED) is 0.793. The molecule has 0 aliphatic carbocycles. The standard InChI is InChI=1S/C14H15NO/c1-11(12-7-3-2-4-8-12)16-14-10-6-5-9-13(14)15/h2-11H,15H2,1H3/t11-/m0/s1. The van der Waals surface area contributed by atoms with Crippen molar-refractivity contribution in [3.63, 3.8) is 0 Å². The van der Waals surface area contributed by atoms with Gasteiger partial charge in [-0.05, 0) is 24.6 Å². The third-order valence-corrected chi connectivity index (χ3v) is 2.49. The van der Waals surface area contributed by atoms with Crippen molar-refractivity contribution in [2.24, 2.45) is 0 Å². The molecular weight excluding hydrogens is 198 g/mol. The lowest BCUT2D eigenvalue weighted by Gasteiger charge is -2.16. The molecule has 0 saturated carbocycles. The first-order valence-electron chi connectivity index (χ1n) is 5.33. The fourth-order valence-corrected chi connectivity index (χ4v) is 1.57. The molecule has 2 heteroatoms. The number of benzene rings is 2. The zero-order valence-corrected chi connectivity index (χ0v) is 9.26. The highest BCUT2D eigenvalue weighted by Gasteiger charge is 2.07. The topological polar surface area (TPSA) is 35.2 Å². The first-order valence-corrected chi connectivity index (χ1v) is 5.33. The molecule has 2 rings (SSSR count). The van der Waals surface area contributed by atoms with Crippen LogP contribution < -0.4 is 10.5 Å². The number of rotatable bonds is 3. The van der Waals surface area contributed by atoms with Crippen molar-refractivity contribution in [2.75, 3.05) is 5.73 Å². The van der Waals surface area contributed by atoms with Crippen molar-refractivity contribution in [3.8, 4) is 5.75 Å². The number of hydrogen-bond acceptors (Lipinski definition) is 2. The molecule has 2 nitrogen and oxygen atoms in total. The maximum Gasteiger partial charge on any atom is 0.143 e. The molecule has 82 valence electrons. The molecule has 0 aliphatic heterocycles. The van der Waals surface area contributed by atoms with Crippen molar-refractivity contribution >= 4 is 5.69 Å². The molecule has 1 atom stereocenters. The summed E-state index contributed by atoms with van der Waals surface area (Å²) in [5, 5.41) is 0. The zero-order valence-electron chi connectivity index (χ0n) is 9.26. The summed E-state index contributed by atoms with van der Waals surface area (Å²) in [6, 6.07) is 17.6. The van der Waals surface area contributed by atoms with E-state index in [2.05, 4.69) is 0 Å². The molecule has 0 unspecified atom stereocenters. The second-order valence-electron chi connectivity index (χ2n) is 3.71. The van der Waals surface area contributed by atoms with Gasteiger partial charge < -0.3 is 10.5 Å². The monoisotopic (exact) mass is 213 g/mol. The summed E-state index contributed by atoms with van der Waals surface area (Å²) >= 11 is 0. The smallest absolute Gasteiger partial charge is 0.143 e. The number of nitrogen functional groups attached to an aromatic ring is 1. The summed E-state index contributed by atoms with van der Waals surface area (Å²) in [5.41, 5.74) is 7.64. The van der Waals surface area contributed by atoms with E-state index in [9.17, 15) is 0 Å². The Labute approximate surface area is 95.7 Å². The average molecular weight is 213 g/mol. The maximum atomic E-state index is 5.82. The van der Waals surface area contributed by atoms with Gasteiger partial charge >= 0.3 is 0 Å². The molecule has 0 aromatic heterocycles. The van der Waals surface area contributed by atoms with Crippen molar-refractivity contribution < 1.29 is 4.74 Å². The van der Waals surface area contributed by atoms with Gasteiger partial charge in [-0.2, -0.15) is 0 Å². The summed E-state index contributed by atoms with van der Waals surface area (Å²) in [6.07, 6.45) is 0.00546. The van der Waals surface area contributed by atoms with Crippen LogP contribution in [0.25, 0.3) is 0 Å². The SMILES string of the molecule is C[C@H](Oc1ccccc1N)c1ccccc1. The van der Waals surface area contributed by atoms with E-state index >= 15 is 0 Å². The van der Waals surface area contributed by atoms with E-state index in [1.54, 1.807) is 0 Å². The highest BCUT2D eigenvalue weighted by atomic mass is 16.5. The third-order valence-electron chi connectivity index (χ3n) is 2.49. The highest BCUT2D eigenvalue weighted by Crippen LogP contribution is 2.26. The first-order chi connectivity index (χ1) is 7.77. The van der Waals surface area contributed by atoms with Crippen LogP contribution in [-0.4, -0.2) is 0 Å². The number of hydrogen-bond donors (Lipinski definition) is 1. The summed E-state index contributed by atoms with van der Waals surface area (Å²) in [6.45, 7) is 2.02. The van der Waals surface area contributed by atoms with Gasteiger partial charge in [0.1, 0.15) is 11.9 Å². The van der Waals surface area contributed by atoms with Gasteiger partial charge in [0.2, 0.25) is 0 Å². The number of nitrogens with two attached hydrogens (primary N) is 1. The van der Waals surface area contributed by atoms with Crippen LogP contribution in [0.3, 0.4) is 0 Å². The predicted octanol–water partition coefficient (Wildman–Crippen LogP) is 3.41. The minimum Gasteiger partial charge on any atom is -0.484 e. The summed E-state index contributed by atoms with van der Waals surface area (Å²) < 4.78 is 5.81. The second kappa shape index (κ2) is 4.71. The average Bonchev–Trinajstić information content (AvgIpc) is 2.33. The van der Waals surface area contributed by atoms with E-state index in [0.717, 1.165) is 11.3 Å². The molecule has 2 aromatic rings. The number of anilines is 1.